The summed E-state index contributed by atoms with van der Waals surface area (Å²) >= 11 is 0. The molecule has 1 aromatic rings. The molecule has 4 heteroatoms. The number of nitrogens with one attached hydrogen (secondary N) is 2. The van der Waals surface area contributed by atoms with Gasteiger partial charge in [0.15, 0.2) is 0 Å². The van der Waals surface area contributed by atoms with Crippen LogP contribution in [-0.4, -0.2) is 23.1 Å². The lowest BCUT2D eigenvalue weighted by Gasteiger charge is -2.11. The van der Waals surface area contributed by atoms with E-state index in [1.807, 2.05) is 6.07 Å². The van der Waals surface area contributed by atoms with E-state index in [9.17, 15) is 0 Å². The second-order valence-electron chi connectivity index (χ2n) is 3.71. The monoisotopic (exact) mass is 208 g/mol. The average Bonchev–Trinajstić information content (AvgIpc) is 2.18. The van der Waals surface area contributed by atoms with Gasteiger partial charge in [-0.25, -0.2) is 9.97 Å². The second kappa shape index (κ2) is 5.53. The summed E-state index contributed by atoms with van der Waals surface area (Å²) in [7, 11) is 0. The maximum Gasteiger partial charge on any atom is 0.135 e. The molecule has 1 rings (SSSR count). The van der Waals surface area contributed by atoms with Gasteiger partial charge in [0.05, 0.1) is 0 Å². The molecule has 0 aliphatic heterocycles. The van der Waals surface area contributed by atoms with Gasteiger partial charge < -0.3 is 10.6 Å². The van der Waals surface area contributed by atoms with Crippen molar-refractivity contribution in [3.63, 3.8) is 0 Å². The third-order valence-corrected chi connectivity index (χ3v) is 1.98. The van der Waals surface area contributed by atoms with Crippen LogP contribution >= 0.6 is 0 Å². The van der Waals surface area contributed by atoms with Crippen LogP contribution in [0, 0.1) is 0 Å². The summed E-state index contributed by atoms with van der Waals surface area (Å²) in [6.07, 6.45) is 0. The molecule has 0 aliphatic carbocycles. The third kappa shape index (κ3) is 3.38. The lowest BCUT2D eigenvalue weighted by atomic mass is 10.2. The van der Waals surface area contributed by atoms with Crippen LogP contribution in [0.15, 0.2) is 6.07 Å². The topological polar surface area (TPSA) is 49.8 Å². The molecule has 0 aliphatic rings. The average molecular weight is 208 g/mol. The van der Waals surface area contributed by atoms with Gasteiger partial charge in [-0.3, -0.25) is 0 Å². The van der Waals surface area contributed by atoms with Crippen molar-refractivity contribution in [2.45, 2.75) is 33.6 Å². The molecule has 0 saturated carbocycles. The smallest absolute Gasteiger partial charge is 0.135 e. The molecular formula is C11H20N4. The molecule has 0 atom stereocenters. The molecule has 0 aromatic carbocycles. The molecule has 15 heavy (non-hydrogen) atoms. The Kier molecular flexibility index (Phi) is 4.34. The Hall–Kier alpha value is -1.32. The minimum Gasteiger partial charge on any atom is -0.370 e. The Morgan fingerprint density at radius 3 is 1.87 bits per heavy atom. The van der Waals surface area contributed by atoms with Gasteiger partial charge in [-0.1, -0.05) is 13.8 Å². The quantitative estimate of drug-likeness (QED) is 0.780. The highest BCUT2D eigenvalue weighted by Gasteiger charge is 2.06. The first-order chi connectivity index (χ1) is 7.17. The van der Waals surface area contributed by atoms with Crippen molar-refractivity contribution in [1.29, 1.82) is 0 Å². The van der Waals surface area contributed by atoms with Crippen LogP contribution < -0.4 is 10.6 Å². The molecule has 0 unspecified atom stereocenters. The van der Waals surface area contributed by atoms with Gasteiger partial charge in [-0.2, -0.15) is 0 Å². The Morgan fingerprint density at radius 2 is 1.53 bits per heavy atom. The molecular weight excluding hydrogens is 188 g/mol. The molecule has 0 fully saturated rings. The summed E-state index contributed by atoms with van der Waals surface area (Å²) in [6.45, 7) is 10.1. The van der Waals surface area contributed by atoms with Crippen molar-refractivity contribution in [3.05, 3.63) is 11.9 Å². The zero-order chi connectivity index (χ0) is 11.3. The van der Waals surface area contributed by atoms with Crippen molar-refractivity contribution in [2.75, 3.05) is 23.7 Å². The zero-order valence-electron chi connectivity index (χ0n) is 9.96. The van der Waals surface area contributed by atoms with Crippen LogP contribution in [0.1, 0.15) is 39.4 Å². The van der Waals surface area contributed by atoms with Crippen molar-refractivity contribution in [3.8, 4) is 0 Å². The molecule has 2 N–H and O–H groups in total. The van der Waals surface area contributed by atoms with Crippen LogP contribution in [0.25, 0.3) is 0 Å². The molecule has 0 spiro atoms. The number of aromatic nitrogens is 2. The first kappa shape index (κ1) is 11.8. The molecule has 0 saturated heterocycles. The van der Waals surface area contributed by atoms with Gasteiger partial charge >= 0.3 is 0 Å². The summed E-state index contributed by atoms with van der Waals surface area (Å²) in [6, 6.07) is 1.94. The van der Waals surface area contributed by atoms with Gasteiger partial charge in [0.2, 0.25) is 0 Å². The fourth-order valence-electron chi connectivity index (χ4n) is 1.27. The second-order valence-corrected chi connectivity index (χ2v) is 3.71. The van der Waals surface area contributed by atoms with Crippen LogP contribution in [0.4, 0.5) is 11.6 Å². The molecule has 0 amide bonds. The van der Waals surface area contributed by atoms with Gasteiger partial charge in [-0.15, -0.1) is 0 Å². The first-order valence-corrected chi connectivity index (χ1v) is 5.54. The number of anilines is 2. The fourth-order valence-corrected chi connectivity index (χ4v) is 1.27. The van der Waals surface area contributed by atoms with E-state index in [2.05, 4.69) is 48.3 Å². The predicted octanol–water partition coefficient (Wildman–Crippen LogP) is 2.46. The van der Waals surface area contributed by atoms with E-state index in [4.69, 9.17) is 0 Å². The SMILES string of the molecule is CCNc1cc(NCC)nc(C(C)C)n1. The fraction of sp³-hybridized carbons (Fsp3) is 0.636. The lowest BCUT2D eigenvalue weighted by Crippen LogP contribution is -2.08. The van der Waals surface area contributed by atoms with E-state index in [1.165, 1.54) is 0 Å². The summed E-state index contributed by atoms with van der Waals surface area (Å²) < 4.78 is 0. The minimum absolute atomic E-state index is 0.348. The predicted molar refractivity (Wildman–Crippen MR) is 64.4 cm³/mol. The van der Waals surface area contributed by atoms with Crippen LogP contribution in [-0.2, 0) is 0 Å². The van der Waals surface area contributed by atoms with Crippen LogP contribution in [0.5, 0.6) is 0 Å². The number of hydrogen-bond acceptors (Lipinski definition) is 4. The standard InChI is InChI=1S/C11H20N4/c1-5-12-9-7-10(13-6-2)15-11(14-9)8(3)4/h7-8H,5-6H2,1-4H3,(H2,12,13,14,15). The molecule has 1 heterocycles. The van der Waals surface area contributed by atoms with Gasteiger partial charge in [0.25, 0.3) is 0 Å². The van der Waals surface area contributed by atoms with E-state index in [-0.39, 0.29) is 0 Å². The van der Waals surface area contributed by atoms with E-state index < -0.39 is 0 Å². The Labute approximate surface area is 91.5 Å². The molecule has 4 nitrogen and oxygen atoms in total. The largest absolute Gasteiger partial charge is 0.370 e. The molecule has 1 aromatic heterocycles. The highest BCUT2D eigenvalue weighted by Crippen LogP contribution is 2.16. The van der Waals surface area contributed by atoms with E-state index in [1.54, 1.807) is 0 Å². The van der Waals surface area contributed by atoms with Crippen molar-refractivity contribution < 1.29 is 0 Å². The zero-order valence-corrected chi connectivity index (χ0v) is 9.96. The maximum absolute atomic E-state index is 4.44. The van der Waals surface area contributed by atoms with E-state index in [0.717, 1.165) is 30.5 Å². The van der Waals surface area contributed by atoms with Gasteiger partial charge in [0, 0.05) is 25.1 Å². The van der Waals surface area contributed by atoms with Crippen LogP contribution in [0.3, 0.4) is 0 Å². The summed E-state index contributed by atoms with van der Waals surface area (Å²) in [5, 5.41) is 6.42. The van der Waals surface area contributed by atoms with Crippen molar-refractivity contribution >= 4 is 11.6 Å². The van der Waals surface area contributed by atoms with E-state index >= 15 is 0 Å². The highest BCUT2D eigenvalue weighted by molar-refractivity contribution is 5.47. The third-order valence-electron chi connectivity index (χ3n) is 1.98. The Morgan fingerprint density at radius 1 is 1.07 bits per heavy atom. The van der Waals surface area contributed by atoms with Crippen molar-refractivity contribution in [1.82, 2.24) is 9.97 Å². The van der Waals surface area contributed by atoms with E-state index in [0.29, 0.717) is 5.92 Å². The lowest BCUT2D eigenvalue weighted by molar-refractivity contribution is 0.775. The highest BCUT2D eigenvalue weighted by atomic mass is 15.1. The number of nitrogens with zero attached hydrogens (tertiary/aromatic N) is 2. The normalized spacial score (nSPS) is 10.5. The Balaban J connectivity index is 2.97. The number of hydrogen-bond donors (Lipinski definition) is 2. The summed E-state index contributed by atoms with van der Waals surface area (Å²) in [5.41, 5.74) is 0. The summed E-state index contributed by atoms with van der Waals surface area (Å²) in [5.74, 6) is 3.02. The first-order valence-electron chi connectivity index (χ1n) is 5.54. The maximum atomic E-state index is 4.44. The summed E-state index contributed by atoms with van der Waals surface area (Å²) in [4.78, 5) is 8.89. The minimum atomic E-state index is 0.348. The number of rotatable bonds is 5. The van der Waals surface area contributed by atoms with Gasteiger partial charge in [-0.05, 0) is 13.8 Å². The Bertz CT molecular complexity index is 285. The molecule has 0 radical (unpaired) electrons. The van der Waals surface area contributed by atoms with Gasteiger partial charge in [0.1, 0.15) is 17.5 Å². The van der Waals surface area contributed by atoms with Crippen LogP contribution in [0.2, 0.25) is 0 Å². The molecule has 0 bridgehead atoms. The molecule has 84 valence electrons. The van der Waals surface area contributed by atoms with Crippen molar-refractivity contribution in [2.24, 2.45) is 0 Å².